The molecule has 0 aromatic carbocycles. The summed E-state index contributed by atoms with van der Waals surface area (Å²) in [5.74, 6) is 1.17. The van der Waals surface area contributed by atoms with Crippen molar-refractivity contribution < 1.29 is 4.79 Å². The molecular formula is C20H41N3O. The molecule has 24 heavy (non-hydrogen) atoms. The first-order chi connectivity index (χ1) is 11.7. The minimum absolute atomic E-state index is 0.394. The van der Waals surface area contributed by atoms with Crippen molar-refractivity contribution in [3.63, 3.8) is 0 Å². The van der Waals surface area contributed by atoms with Crippen LogP contribution in [0.5, 0.6) is 0 Å². The van der Waals surface area contributed by atoms with E-state index < -0.39 is 0 Å². The summed E-state index contributed by atoms with van der Waals surface area (Å²) in [6, 6.07) is 0.622. The van der Waals surface area contributed by atoms with Crippen LogP contribution in [-0.4, -0.2) is 61.0 Å². The van der Waals surface area contributed by atoms with Gasteiger partial charge in [-0.05, 0) is 70.6 Å². The average Bonchev–Trinajstić information content (AvgIpc) is 2.64. The monoisotopic (exact) mass is 339 g/mol. The molecule has 0 unspecified atom stereocenters. The van der Waals surface area contributed by atoms with Gasteiger partial charge in [0.2, 0.25) is 5.91 Å². The number of rotatable bonds is 7. The molecule has 2 heterocycles. The maximum atomic E-state index is 12.4. The standard InChI is InChI=1S/C18H35N3O.C2H6/c1-3-11-20-12-7-16(8-13-20)5-6-18(22)21-14-9-17(10-15-21)19-4-2;1-2/h16-17,19H,3-15H2,1-2H3;1-2H3. The van der Waals surface area contributed by atoms with E-state index >= 15 is 0 Å². The zero-order chi connectivity index (χ0) is 17.8. The fourth-order valence-corrected chi connectivity index (χ4v) is 3.92. The molecule has 2 fully saturated rings. The van der Waals surface area contributed by atoms with Gasteiger partial charge in [-0.1, -0.05) is 27.7 Å². The number of nitrogens with one attached hydrogen (secondary N) is 1. The molecule has 1 N–H and O–H groups in total. The van der Waals surface area contributed by atoms with Crippen LogP contribution < -0.4 is 5.32 Å². The third-order valence-electron chi connectivity index (χ3n) is 5.35. The van der Waals surface area contributed by atoms with Crippen LogP contribution in [0.25, 0.3) is 0 Å². The summed E-state index contributed by atoms with van der Waals surface area (Å²) in [6.07, 6.45) is 7.94. The Kier molecular flexibility index (Phi) is 11.4. The summed E-state index contributed by atoms with van der Waals surface area (Å²) in [5.41, 5.74) is 0. The molecule has 0 aromatic rings. The third kappa shape index (κ3) is 7.52. The first-order valence-corrected chi connectivity index (χ1v) is 10.5. The van der Waals surface area contributed by atoms with Crippen LogP contribution in [0.2, 0.25) is 0 Å². The van der Waals surface area contributed by atoms with E-state index in [4.69, 9.17) is 0 Å². The van der Waals surface area contributed by atoms with Crippen LogP contribution in [0.1, 0.15) is 72.6 Å². The van der Waals surface area contributed by atoms with E-state index in [1.165, 1.54) is 38.9 Å². The molecule has 2 saturated heterocycles. The van der Waals surface area contributed by atoms with Crippen molar-refractivity contribution in [1.29, 1.82) is 0 Å². The van der Waals surface area contributed by atoms with Crippen LogP contribution in [0.4, 0.5) is 0 Å². The van der Waals surface area contributed by atoms with Gasteiger partial charge >= 0.3 is 0 Å². The highest BCUT2D eigenvalue weighted by Gasteiger charge is 2.24. The van der Waals surface area contributed by atoms with Crippen LogP contribution in [-0.2, 0) is 4.79 Å². The number of piperidine rings is 2. The largest absolute Gasteiger partial charge is 0.343 e. The summed E-state index contributed by atoms with van der Waals surface area (Å²) in [4.78, 5) is 17.0. The second-order valence-electron chi connectivity index (χ2n) is 7.04. The van der Waals surface area contributed by atoms with Crippen molar-refractivity contribution in [1.82, 2.24) is 15.1 Å². The first-order valence-electron chi connectivity index (χ1n) is 10.5. The molecule has 0 atom stereocenters. The molecule has 0 saturated carbocycles. The van der Waals surface area contributed by atoms with Crippen LogP contribution in [0, 0.1) is 5.92 Å². The average molecular weight is 340 g/mol. The van der Waals surface area contributed by atoms with Gasteiger partial charge in [-0.2, -0.15) is 0 Å². The van der Waals surface area contributed by atoms with Crippen molar-refractivity contribution >= 4 is 5.91 Å². The Labute approximate surface area is 150 Å². The highest BCUT2D eigenvalue weighted by Crippen LogP contribution is 2.23. The quantitative estimate of drug-likeness (QED) is 0.771. The number of nitrogens with zero attached hydrogens (tertiary/aromatic N) is 2. The highest BCUT2D eigenvalue weighted by molar-refractivity contribution is 5.76. The smallest absolute Gasteiger partial charge is 0.222 e. The van der Waals surface area contributed by atoms with Gasteiger partial charge in [-0.3, -0.25) is 4.79 Å². The lowest BCUT2D eigenvalue weighted by Crippen LogP contribution is -2.45. The fraction of sp³-hybridized carbons (Fsp3) is 0.950. The lowest BCUT2D eigenvalue weighted by atomic mass is 9.91. The summed E-state index contributed by atoms with van der Waals surface area (Å²) < 4.78 is 0. The molecule has 2 rings (SSSR count). The topological polar surface area (TPSA) is 35.6 Å². The third-order valence-corrected chi connectivity index (χ3v) is 5.35. The van der Waals surface area contributed by atoms with Crippen molar-refractivity contribution in [2.75, 3.05) is 39.3 Å². The molecule has 0 spiro atoms. The van der Waals surface area contributed by atoms with Crippen molar-refractivity contribution in [3.05, 3.63) is 0 Å². The molecule has 4 heteroatoms. The molecule has 2 aliphatic rings. The minimum Gasteiger partial charge on any atom is -0.343 e. The predicted molar refractivity (Wildman–Crippen MR) is 103 cm³/mol. The molecular weight excluding hydrogens is 298 g/mol. The van der Waals surface area contributed by atoms with E-state index in [0.29, 0.717) is 11.9 Å². The molecule has 1 amide bonds. The molecule has 2 aliphatic heterocycles. The van der Waals surface area contributed by atoms with E-state index in [0.717, 1.165) is 51.2 Å². The van der Waals surface area contributed by atoms with Gasteiger partial charge in [-0.25, -0.2) is 0 Å². The summed E-state index contributed by atoms with van der Waals surface area (Å²) in [5, 5.41) is 3.50. The van der Waals surface area contributed by atoms with Gasteiger partial charge in [0.05, 0.1) is 0 Å². The second-order valence-corrected chi connectivity index (χ2v) is 7.04. The van der Waals surface area contributed by atoms with E-state index in [-0.39, 0.29) is 0 Å². The van der Waals surface area contributed by atoms with Crippen molar-refractivity contribution in [2.24, 2.45) is 5.92 Å². The number of hydrogen-bond acceptors (Lipinski definition) is 3. The Bertz CT molecular complexity index is 319. The van der Waals surface area contributed by atoms with Gasteiger partial charge in [0, 0.05) is 25.6 Å². The lowest BCUT2D eigenvalue weighted by Gasteiger charge is -2.34. The maximum Gasteiger partial charge on any atom is 0.222 e. The molecule has 4 nitrogen and oxygen atoms in total. The Morgan fingerprint density at radius 2 is 1.62 bits per heavy atom. The van der Waals surface area contributed by atoms with Gasteiger partial charge in [0.25, 0.3) is 0 Å². The lowest BCUT2D eigenvalue weighted by molar-refractivity contribution is -0.132. The molecule has 0 aromatic heterocycles. The van der Waals surface area contributed by atoms with Gasteiger partial charge in [0.15, 0.2) is 0 Å². The predicted octanol–water partition coefficient (Wildman–Crippen LogP) is 3.52. The van der Waals surface area contributed by atoms with Gasteiger partial charge in [-0.15, -0.1) is 0 Å². The Balaban J connectivity index is 0.00000139. The Hall–Kier alpha value is -0.610. The number of carbonyl (C=O) groups is 1. The van der Waals surface area contributed by atoms with E-state index in [9.17, 15) is 4.79 Å². The van der Waals surface area contributed by atoms with Gasteiger partial charge in [0.1, 0.15) is 0 Å². The van der Waals surface area contributed by atoms with Gasteiger partial charge < -0.3 is 15.1 Å². The zero-order valence-corrected chi connectivity index (χ0v) is 16.6. The van der Waals surface area contributed by atoms with Crippen molar-refractivity contribution in [3.8, 4) is 0 Å². The SMILES string of the molecule is CC.CCCN1CCC(CCC(=O)N2CCC(NCC)CC2)CC1. The molecule has 0 radical (unpaired) electrons. The molecule has 0 aliphatic carbocycles. The molecule has 142 valence electrons. The van der Waals surface area contributed by atoms with E-state index in [1.807, 2.05) is 13.8 Å². The number of amides is 1. The number of carbonyl (C=O) groups excluding carboxylic acids is 1. The molecule has 0 bridgehead atoms. The zero-order valence-electron chi connectivity index (χ0n) is 16.6. The number of hydrogen-bond donors (Lipinski definition) is 1. The second kappa shape index (κ2) is 12.7. The first kappa shape index (κ1) is 21.4. The van der Waals surface area contributed by atoms with Crippen molar-refractivity contribution in [2.45, 2.75) is 78.7 Å². The van der Waals surface area contributed by atoms with E-state index in [2.05, 4.69) is 29.0 Å². The normalized spacial score (nSPS) is 20.6. The highest BCUT2D eigenvalue weighted by atomic mass is 16.2. The fourth-order valence-electron chi connectivity index (χ4n) is 3.92. The van der Waals surface area contributed by atoms with Crippen LogP contribution in [0.15, 0.2) is 0 Å². The van der Waals surface area contributed by atoms with Crippen LogP contribution in [0.3, 0.4) is 0 Å². The van der Waals surface area contributed by atoms with Crippen LogP contribution >= 0.6 is 0 Å². The summed E-state index contributed by atoms with van der Waals surface area (Å²) in [7, 11) is 0. The summed E-state index contributed by atoms with van der Waals surface area (Å²) >= 11 is 0. The minimum atomic E-state index is 0.394. The number of likely N-dealkylation sites (tertiary alicyclic amines) is 2. The maximum absolute atomic E-state index is 12.4. The Morgan fingerprint density at radius 3 is 2.17 bits per heavy atom. The summed E-state index contributed by atoms with van der Waals surface area (Å²) in [6.45, 7) is 15.1. The Morgan fingerprint density at radius 1 is 1.00 bits per heavy atom. The van der Waals surface area contributed by atoms with E-state index in [1.54, 1.807) is 0 Å².